The van der Waals surface area contributed by atoms with E-state index >= 15 is 0 Å². The van der Waals surface area contributed by atoms with Gasteiger partial charge in [0.1, 0.15) is 11.2 Å². The summed E-state index contributed by atoms with van der Waals surface area (Å²) >= 11 is 0. The van der Waals surface area contributed by atoms with E-state index in [0.717, 1.165) is 44.2 Å². The van der Waals surface area contributed by atoms with Gasteiger partial charge in [-0.1, -0.05) is 60.7 Å². The summed E-state index contributed by atoms with van der Waals surface area (Å²) in [5, 5.41) is 2.13. The van der Waals surface area contributed by atoms with Crippen molar-refractivity contribution in [1.29, 1.82) is 0 Å². The van der Waals surface area contributed by atoms with E-state index in [1.54, 1.807) is 18.2 Å². The van der Waals surface area contributed by atoms with Crippen molar-refractivity contribution in [3.8, 4) is 22.3 Å². The van der Waals surface area contributed by atoms with Crippen molar-refractivity contribution in [3.05, 3.63) is 84.9 Å². The van der Waals surface area contributed by atoms with Crippen molar-refractivity contribution in [2.45, 2.75) is 9.79 Å². The largest absolute Gasteiger partial charge is 0.455 e. The number of benzene rings is 4. The third-order valence-corrected chi connectivity index (χ3v) is 7.32. The SMILES string of the molecule is O=S1(=O)c2ccccc2-c2cc(-c3cccc4c3oc3ccccc34)ccc21. The molecule has 4 aromatic carbocycles. The van der Waals surface area contributed by atoms with E-state index in [1.165, 1.54) is 0 Å². The number of sulfone groups is 1. The summed E-state index contributed by atoms with van der Waals surface area (Å²) in [5.74, 6) is 0. The lowest BCUT2D eigenvalue weighted by Gasteiger charge is -2.06. The van der Waals surface area contributed by atoms with Crippen LogP contribution in [0.3, 0.4) is 0 Å². The van der Waals surface area contributed by atoms with E-state index in [2.05, 4.69) is 12.1 Å². The first-order valence-corrected chi connectivity index (χ1v) is 10.5. The van der Waals surface area contributed by atoms with Gasteiger partial charge in [0.25, 0.3) is 0 Å². The van der Waals surface area contributed by atoms with Crippen LogP contribution in [0.1, 0.15) is 0 Å². The summed E-state index contributed by atoms with van der Waals surface area (Å²) in [6, 6.07) is 26.8. The van der Waals surface area contributed by atoms with Crippen molar-refractivity contribution < 1.29 is 12.8 Å². The van der Waals surface area contributed by atoms with Crippen LogP contribution >= 0.6 is 0 Å². The van der Waals surface area contributed by atoms with Crippen LogP contribution in [-0.2, 0) is 9.84 Å². The average molecular weight is 382 g/mol. The molecular formula is C24H14O3S. The van der Waals surface area contributed by atoms with Gasteiger partial charge in [-0.3, -0.25) is 0 Å². The third-order valence-electron chi connectivity index (χ3n) is 5.45. The molecule has 1 aliphatic heterocycles. The molecule has 0 bridgehead atoms. The maximum atomic E-state index is 12.8. The zero-order valence-corrected chi connectivity index (χ0v) is 15.5. The van der Waals surface area contributed by atoms with Crippen molar-refractivity contribution in [2.24, 2.45) is 0 Å². The van der Waals surface area contributed by atoms with Crippen molar-refractivity contribution in [3.63, 3.8) is 0 Å². The number of furan rings is 1. The van der Waals surface area contributed by atoms with Crippen molar-refractivity contribution in [1.82, 2.24) is 0 Å². The highest BCUT2D eigenvalue weighted by atomic mass is 32.2. The zero-order valence-electron chi connectivity index (χ0n) is 14.7. The van der Waals surface area contributed by atoms with Crippen LogP contribution in [0.5, 0.6) is 0 Å². The van der Waals surface area contributed by atoms with E-state index in [4.69, 9.17) is 4.42 Å². The van der Waals surface area contributed by atoms with Gasteiger partial charge in [0.05, 0.1) is 9.79 Å². The molecule has 0 fully saturated rings. The summed E-state index contributed by atoms with van der Waals surface area (Å²) in [6.45, 7) is 0. The summed E-state index contributed by atoms with van der Waals surface area (Å²) in [5.41, 5.74) is 5.07. The Morgan fingerprint density at radius 2 is 1.32 bits per heavy atom. The van der Waals surface area contributed by atoms with Gasteiger partial charge in [0.2, 0.25) is 9.84 Å². The molecule has 1 aromatic heterocycles. The minimum absolute atomic E-state index is 0.370. The maximum absolute atomic E-state index is 12.8. The van der Waals surface area contributed by atoms with E-state index < -0.39 is 9.84 Å². The fourth-order valence-electron chi connectivity index (χ4n) is 4.16. The molecule has 6 rings (SSSR count). The first kappa shape index (κ1) is 15.7. The highest BCUT2D eigenvalue weighted by Gasteiger charge is 2.32. The molecule has 0 unspecified atom stereocenters. The minimum atomic E-state index is -3.45. The molecule has 0 spiro atoms. The molecule has 3 nitrogen and oxygen atoms in total. The number of hydrogen-bond acceptors (Lipinski definition) is 3. The average Bonchev–Trinajstić information content (AvgIpc) is 3.22. The smallest absolute Gasteiger partial charge is 0.207 e. The van der Waals surface area contributed by atoms with Gasteiger partial charge in [-0.25, -0.2) is 8.42 Å². The van der Waals surface area contributed by atoms with Crippen LogP contribution in [0.15, 0.2) is 99.1 Å². The Bertz CT molecular complexity index is 1520. The molecule has 0 atom stereocenters. The fourth-order valence-corrected chi connectivity index (χ4v) is 5.83. The predicted molar refractivity (Wildman–Crippen MR) is 110 cm³/mol. The van der Waals surface area contributed by atoms with Crippen LogP contribution in [-0.4, -0.2) is 8.42 Å². The highest BCUT2D eigenvalue weighted by molar-refractivity contribution is 7.92. The molecule has 0 saturated heterocycles. The lowest BCUT2D eigenvalue weighted by atomic mass is 9.98. The Hall–Kier alpha value is -3.37. The number of fused-ring (bicyclic) bond motifs is 6. The van der Waals surface area contributed by atoms with Crippen LogP contribution in [0.4, 0.5) is 0 Å². The molecule has 2 heterocycles. The molecule has 134 valence electrons. The van der Waals surface area contributed by atoms with Crippen LogP contribution < -0.4 is 0 Å². The van der Waals surface area contributed by atoms with Crippen LogP contribution in [0.25, 0.3) is 44.2 Å². The van der Waals surface area contributed by atoms with Crippen LogP contribution in [0.2, 0.25) is 0 Å². The Morgan fingerprint density at radius 1 is 0.607 bits per heavy atom. The second-order valence-electron chi connectivity index (χ2n) is 6.99. The highest BCUT2D eigenvalue weighted by Crippen LogP contribution is 2.45. The summed E-state index contributed by atoms with van der Waals surface area (Å²) < 4.78 is 31.8. The topological polar surface area (TPSA) is 47.3 Å². The maximum Gasteiger partial charge on any atom is 0.207 e. The van der Waals surface area contributed by atoms with Crippen molar-refractivity contribution in [2.75, 3.05) is 0 Å². The molecule has 28 heavy (non-hydrogen) atoms. The van der Waals surface area contributed by atoms with E-state index in [-0.39, 0.29) is 0 Å². The molecule has 5 aromatic rings. The van der Waals surface area contributed by atoms with E-state index in [0.29, 0.717) is 9.79 Å². The van der Waals surface area contributed by atoms with Gasteiger partial charge in [0.15, 0.2) is 0 Å². The predicted octanol–water partition coefficient (Wildman–Crippen LogP) is 6.07. The van der Waals surface area contributed by atoms with Gasteiger partial charge in [0, 0.05) is 27.5 Å². The second kappa shape index (κ2) is 5.33. The number of hydrogen-bond donors (Lipinski definition) is 0. The van der Waals surface area contributed by atoms with Gasteiger partial charge in [-0.2, -0.15) is 0 Å². The van der Waals surface area contributed by atoms with Gasteiger partial charge >= 0.3 is 0 Å². The first-order valence-electron chi connectivity index (χ1n) is 9.04. The Labute approximate surface area is 161 Å². The monoisotopic (exact) mass is 382 g/mol. The summed E-state index contributed by atoms with van der Waals surface area (Å²) in [4.78, 5) is 0.748. The van der Waals surface area contributed by atoms with Crippen LogP contribution in [0, 0.1) is 0 Å². The number of para-hydroxylation sites is 2. The first-order chi connectivity index (χ1) is 13.6. The minimum Gasteiger partial charge on any atom is -0.455 e. The third kappa shape index (κ3) is 1.95. The molecular weight excluding hydrogens is 368 g/mol. The Kier molecular flexibility index (Phi) is 2.98. The lowest BCUT2D eigenvalue weighted by molar-refractivity contribution is 0.598. The summed E-state index contributed by atoms with van der Waals surface area (Å²) in [7, 11) is -3.45. The Morgan fingerprint density at radius 3 is 2.25 bits per heavy atom. The molecule has 0 saturated carbocycles. The summed E-state index contributed by atoms with van der Waals surface area (Å²) in [6.07, 6.45) is 0. The fraction of sp³-hybridized carbons (Fsp3) is 0. The molecule has 0 amide bonds. The van der Waals surface area contributed by atoms with Gasteiger partial charge < -0.3 is 4.42 Å². The normalized spacial score (nSPS) is 14.3. The van der Waals surface area contributed by atoms with E-state index in [1.807, 2.05) is 54.6 Å². The standard InChI is InChI=1S/C24H14O3S/c25-28(26)22-11-4-2-7-18(22)20-14-15(12-13-23(20)28)16-8-5-9-19-17-6-1-3-10-21(17)27-24(16)19/h1-14H. The van der Waals surface area contributed by atoms with E-state index in [9.17, 15) is 8.42 Å². The lowest BCUT2D eigenvalue weighted by Crippen LogP contribution is -1.96. The molecule has 0 aliphatic carbocycles. The van der Waals surface area contributed by atoms with Crippen molar-refractivity contribution >= 4 is 31.8 Å². The quantitative estimate of drug-likeness (QED) is 0.347. The zero-order chi connectivity index (χ0) is 18.9. The molecule has 0 N–H and O–H groups in total. The Balaban J connectivity index is 1.65. The molecule has 1 aliphatic rings. The number of rotatable bonds is 1. The second-order valence-corrected chi connectivity index (χ2v) is 8.88. The molecule has 0 radical (unpaired) electrons. The van der Waals surface area contributed by atoms with Gasteiger partial charge in [-0.05, 0) is 29.8 Å². The molecule has 4 heteroatoms. The van der Waals surface area contributed by atoms with Gasteiger partial charge in [-0.15, -0.1) is 0 Å².